The summed E-state index contributed by atoms with van der Waals surface area (Å²) in [7, 11) is 2.03. The van der Waals surface area contributed by atoms with Crippen molar-refractivity contribution >= 4 is 0 Å². The highest BCUT2D eigenvalue weighted by molar-refractivity contribution is 4.70. The van der Waals surface area contributed by atoms with Gasteiger partial charge in [-0.2, -0.15) is 0 Å². The highest BCUT2D eigenvalue weighted by Crippen LogP contribution is 2.04. The lowest BCUT2D eigenvalue weighted by Crippen LogP contribution is -2.45. The SMILES string of the molecule is CNCCC(C)CN1CCNCC1. The van der Waals surface area contributed by atoms with Crippen LogP contribution in [-0.2, 0) is 0 Å². The normalized spacial score (nSPS) is 21.7. The lowest BCUT2D eigenvalue weighted by atomic mass is 10.1. The molecule has 1 unspecified atom stereocenters. The van der Waals surface area contributed by atoms with Gasteiger partial charge in [0.1, 0.15) is 0 Å². The molecule has 0 spiro atoms. The van der Waals surface area contributed by atoms with Gasteiger partial charge in [0.2, 0.25) is 0 Å². The van der Waals surface area contributed by atoms with Crippen LogP contribution in [0.5, 0.6) is 0 Å². The molecular weight excluding hydrogens is 162 g/mol. The zero-order valence-electron chi connectivity index (χ0n) is 8.97. The van der Waals surface area contributed by atoms with Crippen LogP contribution in [0.2, 0.25) is 0 Å². The van der Waals surface area contributed by atoms with E-state index in [1.165, 1.54) is 39.1 Å². The Morgan fingerprint density at radius 2 is 2.08 bits per heavy atom. The molecule has 1 aliphatic heterocycles. The number of nitrogens with one attached hydrogen (secondary N) is 2. The number of piperazine rings is 1. The first kappa shape index (κ1) is 11.0. The van der Waals surface area contributed by atoms with E-state index in [0.717, 1.165) is 12.5 Å². The molecule has 1 rings (SSSR count). The predicted octanol–water partition coefficient (Wildman–Crippen LogP) is 0.137. The predicted molar refractivity (Wildman–Crippen MR) is 57.0 cm³/mol. The van der Waals surface area contributed by atoms with Gasteiger partial charge in [0, 0.05) is 32.7 Å². The molecule has 13 heavy (non-hydrogen) atoms. The number of rotatable bonds is 5. The van der Waals surface area contributed by atoms with Gasteiger partial charge < -0.3 is 15.5 Å². The third-order valence-electron chi connectivity index (χ3n) is 2.67. The molecular formula is C10H23N3. The molecule has 1 saturated heterocycles. The van der Waals surface area contributed by atoms with Gasteiger partial charge in [-0.3, -0.25) is 0 Å². The molecule has 2 N–H and O–H groups in total. The van der Waals surface area contributed by atoms with Crippen molar-refractivity contribution < 1.29 is 0 Å². The van der Waals surface area contributed by atoms with Gasteiger partial charge in [0.25, 0.3) is 0 Å². The van der Waals surface area contributed by atoms with Gasteiger partial charge in [-0.1, -0.05) is 6.92 Å². The van der Waals surface area contributed by atoms with Crippen molar-refractivity contribution in [2.24, 2.45) is 5.92 Å². The Morgan fingerprint density at radius 3 is 2.69 bits per heavy atom. The maximum absolute atomic E-state index is 3.38. The van der Waals surface area contributed by atoms with Crippen LogP contribution in [0.3, 0.4) is 0 Å². The van der Waals surface area contributed by atoms with Gasteiger partial charge in [-0.05, 0) is 25.9 Å². The molecule has 0 saturated carbocycles. The van der Waals surface area contributed by atoms with Crippen molar-refractivity contribution in [1.82, 2.24) is 15.5 Å². The van der Waals surface area contributed by atoms with Crippen molar-refractivity contribution in [3.63, 3.8) is 0 Å². The highest BCUT2D eigenvalue weighted by Gasteiger charge is 2.12. The molecule has 1 atom stereocenters. The van der Waals surface area contributed by atoms with Crippen LogP contribution in [0.15, 0.2) is 0 Å². The van der Waals surface area contributed by atoms with E-state index >= 15 is 0 Å². The third-order valence-corrected chi connectivity index (χ3v) is 2.67. The van der Waals surface area contributed by atoms with E-state index in [-0.39, 0.29) is 0 Å². The molecule has 0 radical (unpaired) electrons. The molecule has 1 heterocycles. The summed E-state index contributed by atoms with van der Waals surface area (Å²) in [6.45, 7) is 9.54. The Bertz CT molecular complexity index is 121. The Hall–Kier alpha value is -0.120. The van der Waals surface area contributed by atoms with Crippen LogP contribution in [0.1, 0.15) is 13.3 Å². The zero-order chi connectivity index (χ0) is 9.52. The average Bonchev–Trinajstić information content (AvgIpc) is 2.16. The van der Waals surface area contributed by atoms with E-state index in [1.54, 1.807) is 0 Å². The summed E-state index contributed by atoms with van der Waals surface area (Å²) in [6.07, 6.45) is 1.29. The summed E-state index contributed by atoms with van der Waals surface area (Å²) in [6, 6.07) is 0. The molecule has 0 aromatic carbocycles. The molecule has 3 nitrogen and oxygen atoms in total. The van der Waals surface area contributed by atoms with E-state index in [2.05, 4.69) is 22.5 Å². The third kappa shape index (κ3) is 4.60. The maximum atomic E-state index is 3.38. The van der Waals surface area contributed by atoms with Crippen LogP contribution in [-0.4, -0.2) is 51.2 Å². The van der Waals surface area contributed by atoms with E-state index in [9.17, 15) is 0 Å². The van der Waals surface area contributed by atoms with Crippen molar-refractivity contribution in [2.75, 3.05) is 46.3 Å². The van der Waals surface area contributed by atoms with Crippen molar-refractivity contribution in [2.45, 2.75) is 13.3 Å². The molecule has 0 aromatic rings. The van der Waals surface area contributed by atoms with Gasteiger partial charge in [-0.15, -0.1) is 0 Å². The summed E-state index contributed by atoms with van der Waals surface area (Å²) in [5, 5.41) is 6.58. The molecule has 0 bridgehead atoms. The van der Waals surface area contributed by atoms with E-state index < -0.39 is 0 Å². The zero-order valence-corrected chi connectivity index (χ0v) is 8.97. The second kappa shape index (κ2) is 6.35. The van der Waals surface area contributed by atoms with Gasteiger partial charge >= 0.3 is 0 Å². The lowest BCUT2D eigenvalue weighted by molar-refractivity contribution is 0.207. The Labute approximate surface area is 81.9 Å². The Morgan fingerprint density at radius 1 is 1.38 bits per heavy atom. The maximum Gasteiger partial charge on any atom is 0.0107 e. The van der Waals surface area contributed by atoms with Crippen LogP contribution < -0.4 is 10.6 Å². The lowest BCUT2D eigenvalue weighted by Gasteiger charge is -2.29. The number of hydrogen-bond acceptors (Lipinski definition) is 3. The van der Waals surface area contributed by atoms with Gasteiger partial charge in [0.05, 0.1) is 0 Å². The van der Waals surface area contributed by atoms with Crippen LogP contribution in [0.25, 0.3) is 0 Å². The first-order chi connectivity index (χ1) is 6.33. The quantitative estimate of drug-likeness (QED) is 0.638. The second-order valence-electron chi connectivity index (χ2n) is 4.05. The standard InChI is InChI=1S/C10H23N3/c1-10(3-4-11-2)9-13-7-5-12-6-8-13/h10-12H,3-9H2,1-2H3. The van der Waals surface area contributed by atoms with Crippen molar-refractivity contribution in [1.29, 1.82) is 0 Å². The second-order valence-corrected chi connectivity index (χ2v) is 4.05. The smallest absolute Gasteiger partial charge is 0.0107 e. The molecule has 0 aromatic heterocycles. The minimum absolute atomic E-state index is 0.825. The minimum Gasteiger partial charge on any atom is -0.320 e. The molecule has 78 valence electrons. The van der Waals surface area contributed by atoms with Crippen molar-refractivity contribution in [3.8, 4) is 0 Å². The first-order valence-corrected chi connectivity index (χ1v) is 5.40. The molecule has 0 aliphatic carbocycles. The van der Waals surface area contributed by atoms with Crippen molar-refractivity contribution in [3.05, 3.63) is 0 Å². The van der Waals surface area contributed by atoms with E-state index in [1.807, 2.05) is 7.05 Å². The Balaban J connectivity index is 2.07. The fourth-order valence-corrected chi connectivity index (χ4v) is 1.82. The van der Waals surface area contributed by atoms with E-state index in [0.29, 0.717) is 0 Å². The minimum atomic E-state index is 0.825. The van der Waals surface area contributed by atoms with Crippen LogP contribution in [0.4, 0.5) is 0 Å². The number of nitrogens with zero attached hydrogens (tertiary/aromatic N) is 1. The summed E-state index contributed by atoms with van der Waals surface area (Å²) < 4.78 is 0. The summed E-state index contributed by atoms with van der Waals surface area (Å²) in [5.41, 5.74) is 0. The monoisotopic (exact) mass is 185 g/mol. The van der Waals surface area contributed by atoms with Crippen LogP contribution in [0, 0.1) is 5.92 Å². The summed E-state index contributed by atoms with van der Waals surface area (Å²) in [4.78, 5) is 2.57. The topological polar surface area (TPSA) is 27.3 Å². The summed E-state index contributed by atoms with van der Waals surface area (Å²) in [5.74, 6) is 0.825. The molecule has 1 fully saturated rings. The molecule has 3 heteroatoms. The first-order valence-electron chi connectivity index (χ1n) is 5.40. The Kier molecular flexibility index (Phi) is 5.35. The average molecular weight is 185 g/mol. The largest absolute Gasteiger partial charge is 0.320 e. The van der Waals surface area contributed by atoms with Gasteiger partial charge in [0.15, 0.2) is 0 Å². The van der Waals surface area contributed by atoms with Gasteiger partial charge in [-0.25, -0.2) is 0 Å². The highest BCUT2D eigenvalue weighted by atomic mass is 15.2. The summed E-state index contributed by atoms with van der Waals surface area (Å²) >= 11 is 0. The molecule has 1 aliphatic rings. The number of hydrogen-bond donors (Lipinski definition) is 2. The fourth-order valence-electron chi connectivity index (χ4n) is 1.82. The molecule has 0 amide bonds. The van der Waals surface area contributed by atoms with E-state index in [4.69, 9.17) is 0 Å². The fraction of sp³-hybridized carbons (Fsp3) is 1.00. The van der Waals surface area contributed by atoms with Crippen LogP contribution >= 0.6 is 0 Å².